The van der Waals surface area contributed by atoms with Crippen molar-refractivity contribution in [2.24, 2.45) is 0 Å². The summed E-state index contributed by atoms with van der Waals surface area (Å²) < 4.78 is 17.1. The number of carboxylic acids is 1. The number of ether oxygens (including phenoxy) is 3. The molecule has 0 rings (SSSR count). The molecule has 0 fully saturated rings. The second-order valence-electron chi connectivity index (χ2n) is 16.0. The number of carboxylic acid groups (broad SMARTS) is 1. The summed E-state index contributed by atoms with van der Waals surface area (Å²) >= 11 is 0. The highest BCUT2D eigenvalue weighted by Crippen LogP contribution is 2.13. The molecule has 0 bridgehead atoms. The fraction of sp³-hybridized carbons (Fsp3) is 0.596. The molecule has 0 heterocycles. The Balaban J connectivity index is 4.37. The number of esters is 2. The maximum absolute atomic E-state index is 12.7. The Bertz CT molecular complexity index is 1340. The van der Waals surface area contributed by atoms with Gasteiger partial charge in [0.2, 0.25) is 0 Å². The van der Waals surface area contributed by atoms with Gasteiger partial charge in [-0.3, -0.25) is 9.59 Å². The molecule has 0 aliphatic carbocycles. The average molecular weight is 834 g/mol. The van der Waals surface area contributed by atoms with E-state index in [0.717, 1.165) is 96.3 Å². The molecule has 0 N–H and O–H groups in total. The lowest BCUT2D eigenvalue weighted by molar-refractivity contribution is -0.889. The van der Waals surface area contributed by atoms with Crippen molar-refractivity contribution in [3.8, 4) is 0 Å². The van der Waals surface area contributed by atoms with Gasteiger partial charge in [-0.15, -0.1) is 0 Å². The maximum atomic E-state index is 12.7. The number of unbranched alkanes of at least 4 members (excludes halogenated alkanes) is 10. The van der Waals surface area contributed by atoms with Crippen LogP contribution in [0.5, 0.6) is 0 Å². The van der Waals surface area contributed by atoms with E-state index in [1.807, 2.05) is 36.5 Å². The van der Waals surface area contributed by atoms with Crippen LogP contribution >= 0.6 is 0 Å². The van der Waals surface area contributed by atoms with Crippen LogP contribution in [-0.4, -0.2) is 75.5 Å². The summed E-state index contributed by atoms with van der Waals surface area (Å²) in [6.07, 6.45) is 56.9. The third-order valence-electron chi connectivity index (χ3n) is 9.50. The molecular weight excluding hydrogens is 751 g/mol. The van der Waals surface area contributed by atoms with Gasteiger partial charge in [0.1, 0.15) is 12.6 Å². The summed E-state index contributed by atoms with van der Waals surface area (Å²) in [7, 11) is 5.38. The Morgan fingerprint density at radius 3 is 1.52 bits per heavy atom. The standard InChI is InChI=1S/C52H83NO7/c1-6-8-10-12-14-16-18-20-21-22-23-24-25-26-27-28-29-31-33-35-37-39-41-43-51(55)60-48(46-58-45-44-49(52(56)57)53(3,4)5)47-59-50(54)42-40-38-36-34-32-30-19-17-15-13-11-9-7-2/h8-11,13-17,19-21,23-24,26-27,30,32,48-49H,6-7,12,18,22,25,28-29,31,33-47H2,1-5H3/b10-8+,11-9+,15-13+,16-14+,19-17+,21-20+,24-23+,27-26+,32-30+. The summed E-state index contributed by atoms with van der Waals surface area (Å²) in [5.74, 6) is -1.82. The third-order valence-corrected chi connectivity index (χ3v) is 9.50. The van der Waals surface area contributed by atoms with E-state index in [2.05, 4.69) is 86.8 Å². The van der Waals surface area contributed by atoms with Crippen molar-refractivity contribution >= 4 is 17.9 Å². The number of allylic oxidation sites excluding steroid dienone is 18. The predicted octanol–water partition coefficient (Wildman–Crippen LogP) is 11.5. The number of hydrogen-bond donors (Lipinski definition) is 0. The van der Waals surface area contributed by atoms with Crippen LogP contribution in [-0.2, 0) is 28.6 Å². The van der Waals surface area contributed by atoms with Gasteiger partial charge >= 0.3 is 11.9 Å². The van der Waals surface area contributed by atoms with Crippen LogP contribution in [0.3, 0.4) is 0 Å². The quantitative estimate of drug-likeness (QED) is 0.0200. The molecule has 0 aromatic carbocycles. The number of hydrogen-bond acceptors (Lipinski definition) is 7. The zero-order chi connectivity index (χ0) is 44.2. The van der Waals surface area contributed by atoms with Crippen LogP contribution in [0, 0.1) is 0 Å². The summed E-state index contributed by atoms with van der Waals surface area (Å²) in [4.78, 5) is 36.9. The van der Waals surface area contributed by atoms with Gasteiger partial charge in [0.15, 0.2) is 6.10 Å². The number of aliphatic carboxylic acids is 1. The van der Waals surface area contributed by atoms with E-state index in [1.165, 1.54) is 19.3 Å². The topological polar surface area (TPSA) is 102 Å². The van der Waals surface area contributed by atoms with Crippen LogP contribution in [0.2, 0.25) is 0 Å². The molecule has 0 aromatic rings. The molecular formula is C52H83NO7. The van der Waals surface area contributed by atoms with Gasteiger partial charge in [0, 0.05) is 19.3 Å². The zero-order valence-electron chi connectivity index (χ0n) is 38.3. The van der Waals surface area contributed by atoms with E-state index < -0.39 is 18.1 Å². The van der Waals surface area contributed by atoms with Gasteiger partial charge in [-0.1, -0.05) is 162 Å². The Labute approximate surface area is 366 Å². The van der Waals surface area contributed by atoms with E-state index in [-0.39, 0.29) is 42.7 Å². The number of rotatable bonds is 39. The summed E-state index contributed by atoms with van der Waals surface area (Å²) in [5.41, 5.74) is 0. The number of quaternary nitrogens is 1. The van der Waals surface area contributed by atoms with Crippen LogP contribution < -0.4 is 5.11 Å². The Kier molecular flexibility index (Phi) is 38.9. The van der Waals surface area contributed by atoms with Crippen LogP contribution in [0.1, 0.15) is 149 Å². The molecule has 0 aromatic heterocycles. The number of carbonyl (C=O) groups excluding carboxylic acids is 3. The summed E-state index contributed by atoms with van der Waals surface area (Å²) in [5, 5.41) is 11.6. The lowest BCUT2D eigenvalue weighted by atomic mass is 10.1. The first-order valence-corrected chi connectivity index (χ1v) is 23.0. The van der Waals surface area contributed by atoms with Crippen molar-refractivity contribution in [2.45, 2.75) is 161 Å². The fourth-order valence-corrected chi connectivity index (χ4v) is 5.99. The minimum atomic E-state index is -1.14. The number of carbonyl (C=O) groups is 3. The molecule has 0 amide bonds. The molecule has 0 saturated carbocycles. The molecule has 8 heteroatoms. The largest absolute Gasteiger partial charge is 0.544 e. The normalized spacial score (nSPS) is 13.9. The van der Waals surface area contributed by atoms with Crippen molar-refractivity contribution < 1.29 is 38.2 Å². The van der Waals surface area contributed by atoms with E-state index in [1.54, 1.807) is 21.1 Å². The van der Waals surface area contributed by atoms with Crippen molar-refractivity contribution in [3.05, 3.63) is 109 Å². The summed E-state index contributed by atoms with van der Waals surface area (Å²) in [6.45, 7) is 4.33. The lowest BCUT2D eigenvalue weighted by Gasteiger charge is -2.34. The second-order valence-corrected chi connectivity index (χ2v) is 16.0. The SMILES string of the molecule is CC/C=C/C=C/C=C/C=C/CCCCCC(=O)OCC(COCCC(C(=O)[O-])[N+](C)(C)C)OC(=O)CCCCCCCCC/C=C/C/C=C/C/C=C/C/C=C/C/C=C/CC. The second kappa shape index (κ2) is 41.7. The van der Waals surface area contributed by atoms with E-state index in [9.17, 15) is 19.5 Å². The van der Waals surface area contributed by atoms with Gasteiger partial charge in [-0.05, 0) is 77.0 Å². The highest BCUT2D eigenvalue weighted by Gasteiger charge is 2.25. The average Bonchev–Trinajstić information content (AvgIpc) is 3.21. The molecule has 0 aliphatic rings. The molecule has 0 saturated heterocycles. The first-order valence-electron chi connectivity index (χ1n) is 23.0. The van der Waals surface area contributed by atoms with E-state index in [4.69, 9.17) is 14.2 Å². The summed E-state index contributed by atoms with van der Waals surface area (Å²) in [6, 6.07) is -0.741. The van der Waals surface area contributed by atoms with E-state index >= 15 is 0 Å². The van der Waals surface area contributed by atoms with Gasteiger partial charge in [0.25, 0.3) is 0 Å². The Hall–Kier alpha value is -4.01. The molecule has 0 radical (unpaired) electrons. The van der Waals surface area contributed by atoms with Crippen molar-refractivity contribution in [3.63, 3.8) is 0 Å². The molecule has 0 aliphatic heterocycles. The molecule has 0 spiro atoms. The minimum Gasteiger partial charge on any atom is -0.544 e. The predicted molar refractivity (Wildman–Crippen MR) is 249 cm³/mol. The van der Waals surface area contributed by atoms with Crippen LogP contribution in [0.25, 0.3) is 0 Å². The molecule has 2 atom stereocenters. The smallest absolute Gasteiger partial charge is 0.306 e. The van der Waals surface area contributed by atoms with E-state index in [0.29, 0.717) is 12.8 Å². The lowest BCUT2D eigenvalue weighted by Crippen LogP contribution is -2.55. The minimum absolute atomic E-state index is 0.0154. The molecule has 8 nitrogen and oxygen atoms in total. The molecule has 60 heavy (non-hydrogen) atoms. The van der Waals surface area contributed by atoms with Gasteiger partial charge < -0.3 is 28.6 Å². The Morgan fingerprint density at radius 2 is 0.967 bits per heavy atom. The first-order chi connectivity index (χ1) is 29.1. The Morgan fingerprint density at radius 1 is 0.517 bits per heavy atom. The van der Waals surface area contributed by atoms with Crippen LogP contribution in [0.15, 0.2) is 109 Å². The van der Waals surface area contributed by atoms with Gasteiger partial charge in [0.05, 0.1) is 40.3 Å². The van der Waals surface area contributed by atoms with Gasteiger partial charge in [-0.2, -0.15) is 0 Å². The first kappa shape index (κ1) is 56.0. The van der Waals surface area contributed by atoms with Crippen LogP contribution in [0.4, 0.5) is 0 Å². The zero-order valence-corrected chi connectivity index (χ0v) is 38.3. The fourth-order valence-electron chi connectivity index (χ4n) is 5.99. The maximum Gasteiger partial charge on any atom is 0.306 e. The van der Waals surface area contributed by atoms with Crippen molar-refractivity contribution in [1.29, 1.82) is 0 Å². The van der Waals surface area contributed by atoms with Gasteiger partial charge in [-0.25, -0.2) is 0 Å². The van der Waals surface area contributed by atoms with Crippen molar-refractivity contribution in [1.82, 2.24) is 0 Å². The molecule has 338 valence electrons. The number of nitrogens with zero attached hydrogens (tertiary/aromatic N) is 1. The monoisotopic (exact) mass is 834 g/mol. The molecule has 2 unspecified atom stereocenters. The highest BCUT2D eigenvalue weighted by molar-refractivity contribution is 5.70. The third kappa shape index (κ3) is 39.5. The van der Waals surface area contributed by atoms with Crippen molar-refractivity contribution in [2.75, 3.05) is 41.0 Å². The number of likely N-dealkylation sites (N-methyl/N-ethyl adjacent to an activating group) is 1. The highest BCUT2D eigenvalue weighted by atomic mass is 16.6.